The zero-order chi connectivity index (χ0) is 52.1. The molecule has 3 aromatic carbocycles. The lowest BCUT2D eigenvalue weighted by molar-refractivity contribution is -0.169. The number of amides is 1. The number of aliphatic hydroxyl groups is 1. The highest BCUT2D eigenvalue weighted by atomic mass is 32.2. The Morgan fingerprint density at radius 2 is 0.873 bits per heavy atom. The van der Waals surface area contributed by atoms with Crippen LogP contribution in [0.15, 0.2) is 72.8 Å². The molecule has 0 fully saturated rings. The monoisotopic (exact) mass is 1000 g/mol. The zero-order valence-corrected chi connectivity index (χ0v) is 44.3. The molecule has 71 heavy (non-hydrogen) atoms. The second kappa shape index (κ2) is 33.4. The van der Waals surface area contributed by atoms with Crippen molar-refractivity contribution in [3.05, 3.63) is 106 Å². The second-order valence-electron chi connectivity index (χ2n) is 19.0. The third kappa shape index (κ3) is 25.6. The molecule has 0 aliphatic rings. The van der Waals surface area contributed by atoms with Crippen LogP contribution < -0.4 is 0 Å². The number of aryl methyl sites for hydroxylation is 6. The van der Waals surface area contributed by atoms with Crippen molar-refractivity contribution in [2.75, 3.05) is 65.9 Å². The van der Waals surface area contributed by atoms with Crippen LogP contribution in [-0.4, -0.2) is 128 Å². The van der Waals surface area contributed by atoms with Gasteiger partial charge in [0.2, 0.25) is 0 Å². The van der Waals surface area contributed by atoms with Crippen molar-refractivity contribution in [2.24, 2.45) is 17.8 Å². The van der Waals surface area contributed by atoms with Crippen molar-refractivity contribution in [1.82, 2.24) is 9.80 Å². The molecule has 0 heterocycles. The molecule has 15 heteroatoms. The van der Waals surface area contributed by atoms with Gasteiger partial charge in [-0.25, -0.2) is 0 Å². The van der Waals surface area contributed by atoms with Crippen molar-refractivity contribution in [3.63, 3.8) is 0 Å². The van der Waals surface area contributed by atoms with Gasteiger partial charge in [-0.05, 0) is 116 Å². The molecule has 4 atom stereocenters. The number of rotatable bonds is 33. The average molecular weight is 1010 g/mol. The van der Waals surface area contributed by atoms with Gasteiger partial charge in [0.15, 0.2) is 12.2 Å². The molecule has 0 aromatic heterocycles. The fraction of sp³-hybridized carbons (Fsp3) is 0.571. The summed E-state index contributed by atoms with van der Waals surface area (Å²) in [5, 5.41) is 9.69. The molecule has 0 aliphatic carbocycles. The van der Waals surface area contributed by atoms with Gasteiger partial charge in [0.05, 0.1) is 24.4 Å². The lowest BCUT2D eigenvalue weighted by atomic mass is 10.0. The number of carbonyl (C=O) groups is 6. The molecule has 3 aromatic rings. The van der Waals surface area contributed by atoms with Gasteiger partial charge < -0.3 is 38.6 Å². The maximum Gasteiger partial charge on any atom is 0.308 e. The molecule has 0 saturated carbocycles. The third-order valence-electron chi connectivity index (χ3n) is 12.1. The predicted molar refractivity (Wildman–Crippen MR) is 277 cm³/mol. The Labute approximate surface area is 426 Å². The van der Waals surface area contributed by atoms with Gasteiger partial charge in [-0.1, -0.05) is 122 Å². The van der Waals surface area contributed by atoms with E-state index in [1.165, 1.54) is 0 Å². The number of thioether (sulfide) groups is 1. The van der Waals surface area contributed by atoms with Crippen LogP contribution in [0.25, 0.3) is 0 Å². The number of aliphatic hydroxyl groups excluding tert-OH is 1. The predicted octanol–water partition coefficient (Wildman–Crippen LogP) is 8.83. The van der Waals surface area contributed by atoms with Gasteiger partial charge in [-0.2, -0.15) is 0 Å². The summed E-state index contributed by atoms with van der Waals surface area (Å²) in [4.78, 5) is 82.1. The molecule has 0 spiro atoms. The molecule has 392 valence electrons. The van der Waals surface area contributed by atoms with E-state index in [-0.39, 0.29) is 63.8 Å². The van der Waals surface area contributed by atoms with Crippen molar-refractivity contribution in [3.8, 4) is 0 Å². The van der Waals surface area contributed by atoms with E-state index in [2.05, 4.69) is 0 Å². The van der Waals surface area contributed by atoms with Crippen molar-refractivity contribution in [2.45, 2.75) is 124 Å². The van der Waals surface area contributed by atoms with E-state index >= 15 is 0 Å². The van der Waals surface area contributed by atoms with E-state index in [9.17, 15) is 33.9 Å². The lowest BCUT2D eigenvalue weighted by Crippen LogP contribution is -2.34. The van der Waals surface area contributed by atoms with E-state index in [1.807, 2.05) is 113 Å². The third-order valence-corrected chi connectivity index (χ3v) is 13.1. The summed E-state index contributed by atoms with van der Waals surface area (Å²) >= 11 is 1.16. The second-order valence-corrected chi connectivity index (χ2v) is 20.1. The van der Waals surface area contributed by atoms with Gasteiger partial charge in [-0.15, -0.1) is 0 Å². The Hall–Kier alpha value is -5.25. The minimum absolute atomic E-state index is 0.0667. The summed E-state index contributed by atoms with van der Waals surface area (Å²) < 4.78 is 27.8. The molecular weight excluding hydrogens is 925 g/mol. The molecule has 0 saturated heterocycles. The highest BCUT2D eigenvalue weighted by molar-refractivity contribution is 8.13. The van der Waals surface area contributed by atoms with Crippen molar-refractivity contribution < 1.29 is 57.6 Å². The Bertz CT molecular complexity index is 1990. The molecule has 0 bridgehead atoms. The maximum atomic E-state index is 13.4. The molecule has 4 unspecified atom stereocenters. The summed E-state index contributed by atoms with van der Waals surface area (Å²) in [6, 6.07) is 24.3. The van der Waals surface area contributed by atoms with Crippen molar-refractivity contribution in [1.29, 1.82) is 0 Å². The van der Waals surface area contributed by atoms with Crippen LogP contribution in [0.1, 0.15) is 106 Å². The largest absolute Gasteiger partial charge is 0.461 e. The smallest absolute Gasteiger partial charge is 0.308 e. The van der Waals surface area contributed by atoms with Crippen LogP contribution in [-0.2, 0) is 66.9 Å². The SMILES string of the molecule is Cc1ccc(CCC(C)C(=O)OCC(CO)OC(=O)CCCN(CCCC(=O)OC(COC(=O)C(C)CCc2ccc(C)cc2)COC(=O)C(C)CCc2ccc(C)cc2)C(=O)SCCCN(C)C)cc1. The standard InChI is InChI=1S/C56H80N2O12S/c1-40-14-23-46(24-15-40)29-20-43(4)53(62)66-37-49(36-59)69-51(60)12-9-33-58(56(65)71-35-11-32-57(7)8)34-10-13-52(61)70-50(38-67-54(63)44(5)21-30-47-25-16-41(2)17-26-47)39-68-55(64)45(6)22-31-48-27-18-42(3)19-28-48/h14-19,23-28,43-45,49-50,59H,9-13,20-22,29-39H2,1-8H3. The first-order chi connectivity index (χ1) is 33.9. The summed E-state index contributed by atoms with van der Waals surface area (Å²) in [6.07, 6.45) is 2.77. The van der Waals surface area contributed by atoms with E-state index < -0.39 is 66.4 Å². The topological polar surface area (TPSA) is 175 Å². The number of hydrogen-bond acceptors (Lipinski definition) is 14. The Morgan fingerprint density at radius 3 is 1.23 bits per heavy atom. The number of carbonyl (C=O) groups excluding carboxylic acids is 6. The normalized spacial score (nSPS) is 13.3. The fourth-order valence-corrected chi connectivity index (χ4v) is 8.02. The molecule has 1 amide bonds. The Balaban J connectivity index is 1.54. The summed E-state index contributed by atoms with van der Waals surface area (Å²) in [5.74, 6) is -3.27. The van der Waals surface area contributed by atoms with Crippen LogP contribution in [0.2, 0.25) is 0 Å². The van der Waals surface area contributed by atoms with Gasteiger partial charge in [-0.3, -0.25) is 28.8 Å². The summed E-state index contributed by atoms with van der Waals surface area (Å²) in [7, 11) is 3.91. The fourth-order valence-electron chi connectivity index (χ4n) is 7.20. The highest BCUT2D eigenvalue weighted by Crippen LogP contribution is 2.18. The quantitative estimate of drug-likeness (QED) is 0.0348. The molecule has 14 nitrogen and oxygen atoms in total. The van der Waals surface area contributed by atoms with Gasteiger partial charge in [0, 0.05) is 31.7 Å². The summed E-state index contributed by atoms with van der Waals surface area (Å²) in [6.45, 7) is 11.1. The van der Waals surface area contributed by atoms with E-state index in [0.29, 0.717) is 44.3 Å². The van der Waals surface area contributed by atoms with E-state index in [1.54, 1.807) is 25.7 Å². The van der Waals surface area contributed by atoms with Gasteiger partial charge in [0.1, 0.15) is 19.8 Å². The van der Waals surface area contributed by atoms with Crippen LogP contribution in [0.5, 0.6) is 0 Å². The van der Waals surface area contributed by atoms with Crippen molar-refractivity contribution >= 4 is 46.8 Å². The van der Waals surface area contributed by atoms with E-state index in [0.717, 1.165) is 58.1 Å². The van der Waals surface area contributed by atoms with E-state index in [4.69, 9.17) is 23.7 Å². The minimum atomic E-state index is -1.06. The molecule has 0 radical (unpaired) electrons. The maximum absolute atomic E-state index is 13.4. The molecule has 3 rings (SSSR count). The molecule has 0 aliphatic heterocycles. The van der Waals surface area contributed by atoms with Gasteiger partial charge >= 0.3 is 29.8 Å². The molecular formula is C56H80N2O12S. The van der Waals surface area contributed by atoms with Crippen LogP contribution in [0, 0.1) is 38.5 Å². The number of benzene rings is 3. The first-order valence-corrected chi connectivity index (χ1v) is 26.1. The van der Waals surface area contributed by atoms with Crippen LogP contribution in [0.3, 0.4) is 0 Å². The first kappa shape index (κ1) is 60.1. The van der Waals surface area contributed by atoms with Crippen LogP contribution >= 0.6 is 11.8 Å². The Morgan fingerprint density at radius 1 is 0.521 bits per heavy atom. The van der Waals surface area contributed by atoms with Gasteiger partial charge in [0.25, 0.3) is 5.24 Å². The highest BCUT2D eigenvalue weighted by Gasteiger charge is 2.25. The first-order valence-electron chi connectivity index (χ1n) is 25.1. The van der Waals surface area contributed by atoms with Crippen LogP contribution in [0.4, 0.5) is 4.79 Å². The minimum Gasteiger partial charge on any atom is -0.461 e. The lowest BCUT2D eigenvalue weighted by Gasteiger charge is -2.23. The Kier molecular flexibility index (Phi) is 28.3. The number of hydrogen-bond donors (Lipinski definition) is 1. The summed E-state index contributed by atoms with van der Waals surface area (Å²) in [5.41, 5.74) is 6.78. The number of nitrogens with zero attached hydrogens (tertiary/aromatic N) is 2. The zero-order valence-electron chi connectivity index (χ0n) is 43.5. The number of ether oxygens (including phenoxy) is 5. The molecule has 1 N–H and O–H groups in total. The average Bonchev–Trinajstić information content (AvgIpc) is 3.35. The number of esters is 5.